The molecule has 0 radical (unpaired) electrons. The largest absolute Gasteiger partial charge is 0.383 e. The molecule has 0 aliphatic rings. The van der Waals surface area contributed by atoms with E-state index in [2.05, 4.69) is 32.7 Å². The highest BCUT2D eigenvalue weighted by atomic mass is 14.9. The molecular formula is C20H15N5. The summed E-state index contributed by atoms with van der Waals surface area (Å²) in [6.45, 7) is 0. The maximum Gasteiger partial charge on any atom is 0.142 e. The summed E-state index contributed by atoms with van der Waals surface area (Å²) in [5, 5.41) is 10.7. The van der Waals surface area contributed by atoms with Gasteiger partial charge in [0.15, 0.2) is 0 Å². The lowest BCUT2D eigenvalue weighted by Crippen LogP contribution is -2.00. The Morgan fingerprint density at radius 2 is 1.96 bits per heavy atom. The number of nitrogens with two attached hydrogens (primary N) is 1. The number of benzene rings is 1. The van der Waals surface area contributed by atoms with E-state index in [0.29, 0.717) is 11.3 Å². The number of aromatic nitrogens is 3. The third-order valence-corrected chi connectivity index (χ3v) is 4.29. The van der Waals surface area contributed by atoms with Crippen molar-refractivity contribution < 1.29 is 0 Å². The van der Waals surface area contributed by atoms with Gasteiger partial charge in [-0.05, 0) is 41.3 Å². The smallest absolute Gasteiger partial charge is 0.142 e. The Labute approximate surface area is 145 Å². The van der Waals surface area contributed by atoms with E-state index in [4.69, 9.17) is 5.73 Å². The van der Waals surface area contributed by atoms with Gasteiger partial charge in [0.25, 0.3) is 0 Å². The molecular weight excluding hydrogens is 310 g/mol. The van der Waals surface area contributed by atoms with Gasteiger partial charge in [0.05, 0.1) is 11.4 Å². The van der Waals surface area contributed by atoms with Crippen molar-refractivity contribution in [2.24, 2.45) is 7.05 Å². The zero-order valence-electron chi connectivity index (χ0n) is 13.6. The second-order valence-electron chi connectivity index (χ2n) is 5.84. The lowest BCUT2D eigenvalue weighted by Gasteiger charge is -2.10. The number of rotatable bonds is 2. The molecule has 0 atom stereocenters. The number of hydrogen-bond donors (Lipinski definition) is 1. The molecule has 5 nitrogen and oxygen atoms in total. The molecule has 120 valence electrons. The maximum absolute atomic E-state index is 9.56. The lowest BCUT2D eigenvalue weighted by molar-refractivity contribution is 0.969. The first-order valence-corrected chi connectivity index (χ1v) is 7.85. The van der Waals surface area contributed by atoms with Gasteiger partial charge in [-0.25, -0.2) is 4.98 Å². The van der Waals surface area contributed by atoms with Gasteiger partial charge in [-0.2, -0.15) is 5.26 Å². The van der Waals surface area contributed by atoms with Crippen molar-refractivity contribution in [3.05, 3.63) is 66.5 Å². The van der Waals surface area contributed by atoms with Crippen molar-refractivity contribution in [3.8, 4) is 28.6 Å². The Morgan fingerprint density at radius 1 is 1.08 bits per heavy atom. The number of nitrogens with zero attached hydrogens (tertiary/aromatic N) is 4. The third kappa shape index (κ3) is 2.50. The molecule has 0 aliphatic carbocycles. The minimum Gasteiger partial charge on any atom is -0.383 e. The van der Waals surface area contributed by atoms with Gasteiger partial charge in [0.2, 0.25) is 0 Å². The van der Waals surface area contributed by atoms with Crippen LogP contribution in [0.15, 0.2) is 60.9 Å². The van der Waals surface area contributed by atoms with Crippen LogP contribution in [0.1, 0.15) is 5.56 Å². The SMILES string of the molecule is Cn1ccc2ccc(-c3cc(-c4ccccn4)nc(N)c3C#N)cc21. The Balaban J connectivity index is 1.97. The fourth-order valence-corrected chi connectivity index (χ4v) is 2.99. The van der Waals surface area contributed by atoms with E-state index in [-0.39, 0.29) is 5.82 Å². The van der Waals surface area contributed by atoms with Gasteiger partial charge in [-0.3, -0.25) is 4.98 Å². The van der Waals surface area contributed by atoms with Crippen LogP contribution in [0.5, 0.6) is 0 Å². The number of anilines is 1. The number of pyridine rings is 2. The first-order valence-electron chi connectivity index (χ1n) is 7.85. The quantitative estimate of drug-likeness (QED) is 0.608. The van der Waals surface area contributed by atoms with Gasteiger partial charge in [-0.15, -0.1) is 0 Å². The lowest BCUT2D eigenvalue weighted by atomic mass is 9.98. The molecule has 5 heteroatoms. The van der Waals surface area contributed by atoms with Gasteiger partial charge in [-0.1, -0.05) is 18.2 Å². The first kappa shape index (κ1) is 14.9. The van der Waals surface area contributed by atoms with E-state index in [1.165, 1.54) is 0 Å². The Kier molecular flexibility index (Phi) is 3.44. The highest BCUT2D eigenvalue weighted by molar-refractivity contribution is 5.88. The van der Waals surface area contributed by atoms with Crippen LogP contribution in [0.25, 0.3) is 33.4 Å². The predicted molar refractivity (Wildman–Crippen MR) is 98.5 cm³/mol. The highest BCUT2D eigenvalue weighted by Crippen LogP contribution is 2.32. The number of fused-ring (bicyclic) bond motifs is 1. The van der Waals surface area contributed by atoms with E-state index in [0.717, 1.165) is 27.7 Å². The average molecular weight is 325 g/mol. The third-order valence-electron chi connectivity index (χ3n) is 4.29. The highest BCUT2D eigenvalue weighted by Gasteiger charge is 2.14. The van der Waals surface area contributed by atoms with E-state index >= 15 is 0 Å². The van der Waals surface area contributed by atoms with Crippen LogP contribution >= 0.6 is 0 Å². The van der Waals surface area contributed by atoms with Crippen LogP contribution < -0.4 is 5.73 Å². The Morgan fingerprint density at radius 3 is 2.72 bits per heavy atom. The first-order chi connectivity index (χ1) is 12.2. The molecule has 0 unspecified atom stereocenters. The van der Waals surface area contributed by atoms with Crippen molar-refractivity contribution in [1.82, 2.24) is 14.5 Å². The van der Waals surface area contributed by atoms with Gasteiger partial charge in [0, 0.05) is 30.5 Å². The molecule has 1 aromatic carbocycles. The second-order valence-corrected chi connectivity index (χ2v) is 5.84. The van der Waals surface area contributed by atoms with Crippen molar-refractivity contribution >= 4 is 16.7 Å². The van der Waals surface area contributed by atoms with Crippen LogP contribution in [0, 0.1) is 11.3 Å². The second kappa shape index (κ2) is 5.77. The zero-order valence-corrected chi connectivity index (χ0v) is 13.6. The maximum atomic E-state index is 9.56. The average Bonchev–Trinajstić information content (AvgIpc) is 3.02. The predicted octanol–water partition coefficient (Wildman–Crippen LogP) is 3.76. The molecule has 0 amide bonds. The molecule has 4 aromatic rings. The van der Waals surface area contributed by atoms with E-state index in [1.807, 2.05) is 49.6 Å². The molecule has 25 heavy (non-hydrogen) atoms. The van der Waals surface area contributed by atoms with Crippen LogP contribution in [0.2, 0.25) is 0 Å². The summed E-state index contributed by atoms with van der Waals surface area (Å²) in [5.74, 6) is 0.215. The fraction of sp³-hybridized carbons (Fsp3) is 0.0500. The molecule has 4 rings (SSSR count). The van der Waals surface area contributed by atoms with Crippen molar-refractivity contribution in [2.75, 3.05) is 5.73 Å². The molecule has 0 saturated carbocycles. The summed E-state index contributed by atoms with van der Waals surface area (Å²) in [6.07, 6.45) is 3.72. The van der Waals surface area contributed by atoms with Crippen LogP contribution in [0.3, 0.4) is 0 Å². The minimum absolute atomic E-state index is 0.215. The molecule has 3 aromatic heterocycles. The fourth-order valence-electron chi connectivity index (χ4n) is 2.99. The van der Waals surface area contributed by atoms with Crippen molar-refractivity contribution in [3.63, 3.8) is 0 Å². The summed E-state index contributed by atoms with van der Waals surface area (Å²) >= 11 is 0. The monoisotopic (exact) mass is 325 g/mol. The molecule has 0 aliphatic heterocycles. The van der Waals surface area contributed by atoms with E-state index in [9.17, 15) is 5.26 Å². The molecule has 0 spiro atoms. The summed E-state index contributed by atoms with van der Waals surface area (Å²) in [6, 6.07) is 17.8. The number of nitrogen functional groups attached to an aromatic ring is 1. The van der Waals surface area contributed by atoms with Crippen molar-refractivity contribution in [1.29, 1.82) is 5.26 Å². The zero-order chi connectivity index (χ0) is 17.4. The molecule has 0 fully saturated rings. The Hall–Kier alpha value is -3.65. The standard InChI is InChI=1S/C20H15N5/c1-25-9-7-13-5-6-14(10-19(13)25)15-11-18(17-4-2-3-8-23-17)24-20(22)16(15)12-21/h2-11H,1H3,(H2,22,24). The molecule has 3 heterocycles. The van der Waals surface area contributed by atoms with Crippen molar-refractivity contribution in [2.45, 2.75) is 0 Å². The van der Waals surface area contributed by atoms with Crippen LogP contribution in [0.4, 0.5) is 5.82 Å². The number of aryl methyl sites for hydroxylation is 1. The van der Waals surface area contributed by atoms with Crippen LogP contribution in [-0.2, 0) is 7.05 Å². The minimum atomic E-state index is 0.215. The number of nitriles is 1. The summed E-state index contributed by atoms with van der Waals surface area (Å²) in [7, 11) is 2.00. The van der Waals surface area contributed by atoms with Gasteiger partial charge in [0.1, 0.15) is 17.5 Å². The topological polar surface area (TPSA) is 80.5 Å². The van der Waals surface area contributed by atoms with Gasteiger partial charge < -0.3 is 10.3 Å². The van der Waals surface area contributed by atoms with Crippen LogP contribution in [-0.4, -0.2) is 14.5 Å². The summed E-state index contributed by atoms with van der Waals surface area (Å²) in [4.78, 5) is 8.69. The van der Waals surface area contributed by atoms with E-state index < -0.39 is 0 Å². The Bertz CT molecular complexity index is 1120. The molecule has 0 bridgehead atoms. The molecule has 2 N–H and O–H groups in total. The number of hydrogen-bond acceptors (Lipinski definition) is 4. The molecule has 0 saturated heterocycles. The van der Waals surface area contributed by atoms with Gasteiger partial charge >= 0.3 is 0 Å². The summed E-state index contributed by atoms with van der Waals surface area (Å²) in [5.41, 5.74) is 10.6. The van der Waals surface area contributed by atoms with E-state index in [1.54, 1.807) is 6.20 Å². The summed E-state index contributed by atoms with van der Waals surface area (Å²) < 4.78 is 2.05. The normalized spacial score (nSPS) is 10.7.